The highest BCUT2D eigenvalue weighted by Gasteiger charge is 2.37. The van der Waals surface area contributed by atoms with E-state index < -0.39 is 12.1 Å². The molecule has 1 heterocycles. The quantitative estimate of drug-likeness (QED) is 0.624. The molecule has 8 heteroatoms. The van der Waals surface area contributed by atoms with Gasteiger partial charge in [-0.1, -0.05) is 36.4 Å². The van der Waals surface area contributed by atoms with Crippen LogP contribution in [-0.2, 0) is 27.4 Å². The third kappa shape index (κ3) is 6.12. The van der Waals surface area contributed by atoms with E-state index in [4.69, 9.17) is 19.9 Å². The predicted octanol–water partition coefficient (Wildman–Crippen LogP) is 2.73. The molecule has 2 N–H and O–H groups in total. The van der Waals surface area contributed by atoms with Gasteiger partial charge in [-0.3, -0.25) is 4.79 Å². The lowest BCUT2D eigenvalue weighted by molar-refractivity contribution is -0.154. The highest BCUT2D eigenvalue weighted by atomic mass is 35.5. The molecule has 0 aliphatic carbocycles. The summed E-state index contributed by atoms with van der Waals surface area (Å²) < 4.78 is 16.0. The van der Waals surface area contributed by atoms with Crippen molar-refractivity contribution in [2.45, 2.75) is 38.0 Å². The highest BCUT2D eigenvalue weighted by Crippen LogP contribution is 2.28. The van der Waals surface area contributed by atoms with E-state index in [2.05, 4.69) is 0 Å². The molecule has 0 radical (unpaired) electrons. The van der Waals surface area contributed by atoms with Crippen molar-refractivity contribution in [3.05, 3.63) is 59.7 Å². The first-order valence-corrected chi connectivity index (χ1v) is 10.0. The van der Waals surface area contributed by atoms with E-state index in [9.17, 15) is 9.59 Å². The van der Waals surface area contributed by atoms with Crippen molar-refractivity contribution in [3.63, 3.8) is 0 Å². The van der Waals surface area contributed by atoms with Crippen molar-refractivity contribution in [1.82, 2.24) is 4.90 Å². The van der Waals surface area contributed by atoms with Crippen molar-refractivity contribution in [2.24, 2.45) is 5.73 Å². The van der Waals surface area contributed by atoms with Crippen LogP contribution in [0, 0.1) is 0 Å². The lowest BCUT2D eigenvalue weighted by atomic mass is 10.0. The maximum absolute atomic E-state index is 13.0. The van der Waals surface area contributed by atoms with E-state index in [1.807, 2.05) is 42.5 Å². The Morgan fingerprint density at radius 1 is 1.06 bits per heavy atom. The zero-order chi connectivity index (χ0) is 21.5. The number of benzene rings is 2. The highest BCUT2D eigenvalue weighted by molar-refractivity contribution is 5.88. The van der Waals surface area contributed by atoms with Crippen LogP contribution in [0.25, 0.3) is 0 Å². The number of carbonyl (C=O) groups is 2. The van der Waals surface area contributed by atoms with Gasteiger partial charge in [0.2, 0.25) is 5.91 Å². The number of likely N-dealkylation sites (tertiary alicyclic amines) is 1. The summed E-state index contributed by atoms with van der Waals surface area (Å²) in [5, 5.41) is 0. The molecule has 0 saturated carbocycles. The Hall–Kier alpha value is -2.77. The lowest BCUT2D eigenvalue weighted by Gasteiger charge is -2.26. The topological polar surface area (TPSA) is 91.1 Å². The standard InChI is InChI=1S/C23H28N2O5.ClH/c1-28-20-11-10-17(14-21(20)29-2)13-18(24)22(26)25-12-6-9-19(25)23(27)30-15-16-7-4-3-5-8-16;/h3-5,7-8,10-11,14,18-19H,6,9,12-13,15,24H2,1-2H3;1H/t18-,19+;/m0./s1. The summed E-state index contributed by atoms with van der Waals surface area (Å²) in [5.74, 6) is 0.562. The number of nitrogens with zero attached hydrogens (tertiary/aromatic N) is 1. The van der Waals surface area contributed by atoms with Gasteiger partial charge in [-0.05, 0) is 42.5 Å². The molecule has 0 unspecified atom stereocenters. The minimum Gasteiger partial charge on any atom is -0.493 e. The smallest absolute Gasteiger partial charge is 0.329 e. The van der Waals surface area contributed by atoms with Crippen LogP contribution < -0.4 is 15.2 Å². The molecule has 2 aromatic rings. The number of hydrogen-bond donors (Lipinski definition) is 1. The maximum atomic E-state index is 13.0. The summed E-state index contributed by atoms with van der Waals surface area (Å²) in [6.45, 7) is 0.694. The second-order valence-corrected chi connectivity index (χ2v) is 7.28. The Balaban J connectivity index is 0.00000341. The van der Waals surface area contributed by atoms with Crippen LogP contribution in [0.1, 0.15) is 24.0 Å². The zero-order valence-electron chi connectivity index (χ0n) is 17.8. The SMILES string of the molecule is COc1ccc(C[C@H](N)C(=O)N2CCC[C@@H]2C(=O)OCc2ccccc2)cc1OC.Cl. The van der Waals surface area contributed by atoms with E-state index in [-0.39, 0.29) is 30.9 Å². The van der Waals surface area contributed by atoms with Gasteiger partial charge in [0, 0.05) is 6.54 Å². The molecule has 1 saturated heterocycles. The maximum Gasteiger partial charge on any atom is 0.329 e. The summed E-state index contributed by atoms with van der Waals surface area (Å²) in [4.78, 5) is 27.1. The summed E-state index contributed by atoms with van der Waals surface area (Å²) in [6, 6.07) is 13.6. The Bertz CT molecular complexity index is 878. The molecular formula is C23H29ClN2O5. The number of methoxy groups -OCH3 is 2. The van der Waals surface area contributed by atoms with Crippen LogP contribution in [-0.4, -0.2) is 49.6 Å². The van der Waals surface area contributed by atoms with Crippen LogP contribution in [0.3, 0.4) is 0 Å². The molecule has 0 spiro atoms. The van der Waals surface area contributed by atoms with E-state index in [0.29, 0.717) is 30.9 Å². The summed E-state index contributed by atoms with van der Waals surface area (Å²) in [7, 11) is 3.12. The number of esters is 1. The summed E-state index contributed by atoms with van der Waals surface area (Å²) in [6.07, 6.45) is 1.67. The van der Waals surface area contributed by atoms with E-state index in [0.717, 1.165) is 17.5 Å². The second-order valence-electron chi connectivity index (χ2n) is 7.28. The molecule has 1 fully saturated rings. The average molecular weight is 449 g/mol. The molecule has 2 atom stereocenters. The molecule has 168 valence electrons. The molecule has 1 aliphatic heterocycles. The van der Waals surface area contributed by atoms with Crippen molar-refractivity contribution in [1.29, 1.82) is 0 Å². The molecule has 1 aliphatic rings. The zero-order valence-corrected chi connectivity index (χ0v) is 18.6. The van der Waals surface area contributed by atoms with Crippen LogP contribution in [0.15, 0.2) is 48.5 Å². The molecule has 3 rings (SSSR count). The van der Waals surface area contributed by atoms with Gasteiger partial charge in [-0.25, -0.2) is 4.79 Å². The van der Waals surface area contributed by atoms with Crippen molar-refractivity contribution in [3.8, 4) is 11.5 Å². The number of amides is 1. The molecule has 1 amide bonds. The molecule has 0 aromatic heterocycles. The normalized spacial score (nSPS) is 16.2. The Labute approximate surface area is 188 Å². The molecule has 0 bridgehead atoms. The molecule has 7 nitrogen and oxygen atoms in total. The van der Waals surface area contributed by atoms with Crippen LogP contribution in [0.5, 0.6) is 11.5 Å². The van der Waals surface area contributed by atoms with Gasteiger partial charge in [0.25, 0.3) is 0 Å². The predicted molar refractivity (Wildman–Crippen MR) is 119 cm³/mol. The van der Waals surface area contributed by atoms with Gasteiger partial charge in [0.1, 0.15) is 12.6 Å². The Morgan fingerprint density at radius 2 is 1.77 bits per heavy atom. The summed E-state index contributed by atoms with van der Waals surface area (Å²) >= 11 is 0. The first kappa shape index (κ1) is 24.5. The largest absolute Gasteiger partial charge is 0.493 e. The number of rotatable bonds is 8. The third-order valence-electron chi connectivity index (χ3n) is 5.25. The van der Waals surface area contributed by atoms with Gasteiger partial charge >= 0.3 is 5.97 Å². The van der Waals surface area contributed by atoms with Crippen molar-refractivity contribution >= 4 is 24.3 Å². The number of nitrogens with two attached hydrogens (primary N) is 1. The van der Waals surface area contributed by atoms with Gasteiger partial charge in [0.05, 0.1) is 20.3 Å². The average Bonchev–Trinajstić information content (AvgIpc) is 3.27. The third-order valence-corrected chi connectivity index (χ3v) is 5.25. The Kier molecular flexibility index (Phi) is 9.15. The van der Waals surface area contributed by atoms with Gasteiger partial charge in [-0.2, -0.15) is 0 Å². The fourth-order valence-electron chi connectivity index (χ4n) is 3.66. The van der Waals surface area contributed by atoms with Gasteiger partial charge in [0.15, 0.2) is 11.5 Å². The second kappa shape index (κ2) is 11.6. The number of carbonyl (C=O) groups excluding carboxylic acids is 2. The first-order valence-electron chi connectivity index (χ1n) is 10.0. The van der Waals surface area contributed by atoms with Crippen molar-refractivity contribution < 1.29 is 23.8 Å². The number of ether oxygens (including phenoxy) is 3. The van der Waals surface area contributed by atoms with Gasteiger partial charge < -0.3 is 24.8 Å². The molecule has 31 heavy (non-hydrogen) atoms. The van der Waals surface area contributed by atoms with E-state index in [1.54, 1.807) is 25.2 Å². The van der Waals surface area contributed by atoms with Crippen molar-refractivity contribution in [2.75, 3.05) is 20.8 Å². The molecule has 2 aromatic carbocycles. The fraction of sp³-hybridized carbons (Fsp3) is 0.391. The lowest BCUT2D eigenvalue weighted by Crippen LogP contribution is -2.49. The fourth-order valence-corrected chi connectivity index (χ4v) is 3.66. The van der Waals surface area contributed by atoms with Crippen LogP contribution >= 0.6 is 12.4 Å². The number of hydrogen-bond acceptors (Lipinski definition) is 6. The van der Waals surface area contributed by atoms with Crippen LogP contribution in [0.2, 0.25) is 0 Å². The first-order chi connectivity index (χ1) is 14.5. The Morgan fingerprint density at radius 3 is 2.45 bits per heavy atom. The minimum atomic E-state index is -0.759. The van der Waals surface area contributed by atoms with Gasteiger partial charge in [-0.15, -0.1) is 12.4 Å². The van der Waals surface area contributed by atoms with E-state index in [1.165, 1.54) is 0 Å². The summed E-state index contributed by atoms with van der Waals surface area (Å²) in [5.41, 5.74) is 7.97. The molecular weight excluding hydrogens is 420 g/mol. The minimum absolute atomic E-state index is 0. The number of halogens is 1. The van der Waals surface area contributed by atoms with E-state index >= 15 is 0 Å². The monoisotopic (exact) mass is 448 g/mol. The van der Waals surface area contributed by atoms with Crippen LogP contribution in [0.4, 0.5) is 0 Å².